The van der Waals surface area contributed by atoms with E-state index in [2.05, 4.69) is 43.1 Å². The Morgan fingerprint density at radius 3 is 2.72 bits per heavy atom. The third-order valence-electron chi connectivity index (χ3n) is 4.86. The summed E-state index contributed by atoms with van der Waals surface area (Å²) < 4.78 is 0. The van der Waals surface area contributed by atoms with Gasteiger partial charge in [-0.1, -0.05) is 25.8 Å². The SMILES string of the molecule is CCCCCNc1nc(Nc2cc(C(N)=O)ccc2C)nc(N[C@@H]2CCNC2)n1. The highest BCUT2D eigenvalue weighted by Crippen LogP contribution is 2.22. The molecule has 1 aromatic heterocycles. The summed E-state index contributed by atoms with van der Waals surface area (Å²) in [7, 11) is 0. The number of nitrogens with one attached hydrogen (secondary N) is 4. The van der Waals surface area contributed by atoms with Crippen molar-refractivity contribution < 1.29 is 4.79 Å². The molecule has 2 heterocycles. The summed E-state index contributed by atoms with van der Waals surface area (Å²) in [4.78, 5) is 25.1. The second-order valence-electron chi connectivity index (χ2n) is 7.29. The summed E-state index contributed by atoms with van der Waals surface area (Å²) >= 11 is 0. The number of amides is 1. The Balaban J connectivity index is 1.81. The Hall–Kier alpha value is -2.94. The van der Waals surface area contributed by atoms with Gasteiger partial charge in [0, 0.05) is 30.4 Å². The Kier molecular flexibility index (Phi) is 7.18. The summed E-state index contributed by atoms with van der Waals surface area (Å²) in [6.07, 6.45) is 4.39. The van der Waals surface area contributed by atoms with Gasteiger partial charge in [-0.25, -0.2) is 0 Å². The summed E-state index contributed by atoms with van der Waals surface area (Å²) in [5.74, 6) is 0.989. The van der Waals surface area contributed by atoms with Crippen molar-refractivity contribution in [3.8, 4) is 0 Å². The fourth-order valence-corrected chi connectivity index (χ4v) is 3.14. The van der Waals surface area contributed by atoms with Gasteiger partial charge in [0.15, 0.2) is 0 Å². The van der Waals surface area contributed by atoms with Crippen LogP contribution in [0.1, 0.15) is 48.5 Å². The average Bonchev–Trinajstić information content (AvgIpc) is 3.20. The van der Waals surface area contributed by atoms with E-state index in [0.29, 0.717) is 23.4 Å². The van der Waals surface area contributed by atoms with E-state index >= 15 is 0 Å². The number of rotatable bonds is 10. The van der Waals surface area contributed by atoms with Gasteiger partial charge in [-0.3, -0.25) is 4.79 Å². The molecule has 0 saturated carbocycles. The zero-order chi connectivity index (χ0) is 20.6. The van der Waals surface area contributed by atoms with Crippen LogP contribution in [0.3, 0.4) is 0 Å². The summed E-state index contributed by atoms with van der Waals surface area (Å²) in [5, 5.41) is 13.2. The molecule has 0 radical (unpaired) electrons. The molecule has 1 aliphatic rings. The Morgan fingerprint density at radius 2 is 2.00 bits per heavy atom. The van der Waals surface area contributed by atoms with Crippen LogP contribution in [-0.4, -0.2) is 46.5 Å². The number of aryl methyl sites for hydroxylation is 1. The molecule has 3 rings (SSSR count). The molecule has 29 heavy (non-hydrogen) atoms. The summed E-state index contributed by atoms with van der Waals surface area (Å²) in [6.45, 7) is 6.78. The van der Waals surface area contributed by atoms with Gasteiger partial charge in [0.2, 0.25) is 23.8 Å². The van der Waals surface area contributed by atoms with E-state index in [1.54, 1.807) is 12.1 Å². The van der Waals surface area contributed by atoms with Gasteiger partial charge in [-0.05, 0) is 44.0 Å². The normalized spacial score (nSPS) is 15.9. The molecular formula is C20H30N8O. The van der Waals surface area contributed by atoms with Crippen LogP contribution in [0.5, 0.6) is 0 Å². The molecule has 0 spiro atoms. The molecule has 1 amide bonds. The lowest BCUT2D eigenvalue weighted by molar-refractivity contribution is 0.100. The zero-order valence-electron chi connectivity index (χ0n) is 17.1. The second-order valence-corrected chi connectivity index (χ2v) is 7.29. The minimum absolute atomic E-state index is 0.290. The van der Waals surface area contributed by atoms with E-state index in [1.165, 1.54) is 0 Å². The monoisotopic (exact) mass is 398 g/mol. The van der Waals surface area contributed by atoms with E-state index in [9.17, 15) is 4.79 Å². The standard InChI is InChI=1S/C20H30N8O/c1-3-4-5-9-23-18-26-19(24-15-8-10-22-12-15)28-20(27-18)25-16-11-14(17(21)29)7-6-13(16)2/h6-7,11,15,22H,3-5,8-10,12H2,1-2H3,(H2,21,29)(H3,23,24,25,26,27,28)/t15-/m1/s1. The van der Waals surface area contributed by atoms with Crippen molar-refractivity contribution >= 4 is 29.4 Å². The van der Waals surface area contributed by atoms with Gasteiger partial charge in [0.05, 0.1) is 0 Å². The molecule has 0 bridgehead atoms. The maximum absolute atomic E-state index is 11.5. The van der Waals surface area contributed by atoms with Gasteiger partial charge < -0.3 is 27.0 Å². The van der Waals surface area contributed by atoms with Crippen LogP contribution in [0.15, 0.2) is 18.2 Å². The van der Waals surface area contributed by atoms with Gasteiger partial charge in [-0.15, -0.1) is 0 Å². The summed E-state index contributed by atoms with van der Waals surface area (Å²) in [5.41, 5.74) is 7.54. The lowest BCUT2D eigenvalue weighted by atomic mass is 10.1. The third-order valence-corrected chi connectivity index (χ3v) is 4.86. The number of benzene rings is 1. The molecule has 0 unspecified atom stereocenters. The van der Waals surface area contributed by atoms with Gasteiger partial charge in [0.25, 0.3) is 0 Å². The number of carbonyl (C=O) groups excluding carboxylic acids is 1. The lowest BCUT2D eigenvalue weighted by Crippen LogP contribution is -2.24. The molecule has 1 aromatic carbocycles. The van der Waals surface area contributed by atoms with Crippen LogP contribution in [0.2, 0.25) is 0 Å². The van der Waals surface area contributed by atoms with Crippen molar-refractivity contribution in [3.63, 3.8) is 0 Å². The second kappa shape index (κ2) is 10.0. The highest BCUT2D eigenvalue weighted by atomic mass is 16.1. The highest BCUT2D eigenvalue weighted by Gasteiger charge is 2.17. The van der Waals surface area contributed by atoms with Crippen molar-refractivity contribution in [2.75, 3.05) is 35.6 Å². The van der Waals surface area contributed by atoms with Crippen molar-refractivity contribution in [2.24, 2.45) is 5.73 Å². The fraction of sp³-hybridized carbons (Fsp3) is 0.500. The van der Waals surface area contributed by atoms with Gasteiger partial charge in [-0.2, -0.15) is 15.0 Å². The highest BCUT2D eigenvalue weighted by molar-refractivity contribution is 5.94. The van der Waals surface area contributed by atoms with E-state index in [1.807, 2.05) is 13.0 Å². The number of aromatic nitrogens is 3. The van der Waals surface area contributed by atoms with Crippen LogP contribution >= 0.6 is 0 Å². The zero-order valence-corrected chi connectivity index (χ0v) is 17.1. The number of nitrogens with zero attached hydrogens (tertiary/aromatic N) is 3. The largest absolute Gasteiger partial charge is 0.366 e. The maximum Gasteiger partial charge on any atom is 0.248 e. The molecule has 9 nitrogen and oxygen atoms in total. The number of carbonyl (C=O) groups is 1. The van der Waals surface area contributed by atoms with Crippen molar-refractivity contribution in [1.29, 1.82) is 0 Å². The van der Waals surface area contributed by atoms with Crippen LogP contribution in [0.25, 0.3) is 0 Å². The number of hydrogen-bond acceptors (Lipinski definition) is 8. The molecule has 1 aliphatic heterocycles. The Bertz CT molecular complexity index is 835. The molecule has 6 N–H and O–H groups in total. The Labute approximate surface area is 171 Å². The minimum atomic E-state index is -0.474. The minimum Gasteiger partial charge on any atom is -0.366 e. The first kappa shape index (κ1) is 20.8. The van der Waals surface area contributed by atoms with Crippen LogP contribution in [-0.2, 0) is 0 Å². The predicted molar refractivity (Wildman–Crippen MR) is 116 cm³/mol. The molecule has 9 heteroatoms. The molecule has 1 saturated heterocycles. The molecule has 156 valence electrons. The van der Waals surface area contributed by atoms with Crippen molar-refractivity contribution in [3.05, 3.63) is 29.3 Å². The molecule has 1 atom stereocenters. The molecule has 0 aliphatic carbocycles. The first-order chi connectivity index (χ1) is 14.0. The first-order valence-corrected chi connectivity index (χ1v) is 10.2. The predicted octanol–water partition coefficient (Wildman–Crippen LogP) is 2.40. The summed E-state index contributed by atoms with van der Waals surface area (Å²) in [6, 6.07) is 5.55. The van der Waals surface area contributed by atoms with Gasteiger partial charge in [0.1, 0.15) is 0 Å². The van der Waals surface area contributed by atoms with Crippen LogP contribution in [0.4, 0.5) is 23.5 Å². The number of nitrogens with two attached hydrogens (primary N) is 1. The fourth-order valence-electron chi connectivity index (χ4n) is 3.14. The number of anilines is 4. The molecule has 1 fully saturated rings. The Morgan fingerprint density at radius 1 is 1.21 bits per heavy atom. The van der Waals surface area contributed by atoms with E-state index < -0.39 is 5.91 Å². The lowest BCUT2D eigenvalue weighted by Gasteiger charge is -2.15. The first-order valence-electron chi connectivity index (χ1n) is 10.2. The molecule has 2 aromatic rings. The third kappa shape index (κ3) is 6.02. The van der Waals surface area contributed by atoms with Gasteiger partial charge >= 0.3 is 0 Å². The number of primary amides is 1. The quantitative estimate of drug-likeness (QED) is 0.386. The maximum atomic E-state index is 11.5. The van der Waals surface area contributed by atoms with Crippen molar-refractivity contribution in [2.45, 2.75) is 45.6 Å². The van der Waals surface area contributed by atoms with E-state index in [4.69, 9.17) is 5.73 Å². The molecular weight excluding hydrogens is 368 g/mol. The van der Waals surface area contributed by atoms with Crippen LogP contribution < -0.4 is 27.0 Å². The van der Waals surface area contributed by atoms with E-state index in [-0.39, 0.29) is 6.04 Å². The van der Waals surface area contributed by atoms with Crippen molar-refractivity contribution in [1.82, 2.24) is 20.3 Å². The smallest absolute Gasteiger partial charge is 0.248 e. The number of unbranched alkanes of at least 4 members (excludes halogenated alkanes) is 2. The van der Waals surface area contributed by atoms with E-state index in [0.717, 1.165) is 56.6 Å². The van der Waals surface area contributed by atoms with Crippen LogP contribution in [0, 0.1) is 6.92 Å². The average molecular weight is 399 g/mol. The topological polar surface area (TPSA) is 130 Å². The number of hydrogen-bond donors (Lipinski definition) is 5.